The highest BCUT2D eigenvalue weighted by molar-refractivity contribution is 7.12. The molecule has 0 spiro atoms. The highest BCUT2D eigenvalue weighted by Crippen LogP contribution is 2.46. The standard InChI is InChI=1S/C22H29NO2S/c1-4-5-6-7-15-11-17-21(26-15)13-23-18-9-8-14-10-19(24-2)20(25-3)12-16(14)22(17)18/h10-12,18,22-23H,4-9,13H2,1-3H3/t18-,22+/m0/s1. The van der Waals surface area contributed by atoms with E-state index in [1.54, 1.807) is 24.7 Å². The van der Waals surface area contributed by atoms with Crippen molar-refractivity contribution in [2.75, 3.05) is 14.2 Å². The summed E-state index contributed by atoms with van der Waals surface area (Å²) in [4.78, 5) is 3.08. The fourth-order valence-corrected chi connectivity index (χ4v) is 5.75. The summed E-state index contributed by atoms with van der Waals surface area (Å²) in [6, 6.07) is 7.44. The lowest BCUT2D eigenvalue weighted by atomic mass is 9.74. The molecule has 2 aromatic rings. The van der Waals surface area contributed by atoms with Crippen molar-refractivity contribution < 1.29 is 9.47 Å². The summed E-state index contributed by atoms with van der Waals surface area (Å²) in [6.45, 7) is 3.30. The number of fused-ring (bicyclic) bond motifs is 5. The highest BCUT2D eigenvalue weighted by atomic mass is 32.1. The van der Waals surface area contributed by atoms with Gasteiger partial charge in [-0.15, -0.1) is 11.3 Å². The summed E-state index contributed by atoms with van der Waals surface area (Å²) in [6.07, 6.45) is 7.43. The van der Waals surface area contributed by atoms with Crippen molar-refractivity contribution in [3.8, 4) is 11.5 Å². The maximum atomic E-state index is 5.60. The number of aryl methyl sites for hydroxylation is 2. The second-order valence-corrected chi connectivity index (χ2v) is 8.68. The second-order valence-electron chi connectivity index (χ2n) is 7.46. The van der Waals surface area contributed by atoms with Crippen LogP contribution in [0.15, 0.2) is 18.2 Å². The first-order valence-corrected chi connectivity index (χ1v) is 10.7. The van der Waals surface area contributed by atoms with Crippen LogP contribution in [0.3, 0.4) is 0 Å². The van der Waals surface area contributed by atoms with E-state index >= 15 is 0 Å². The molecule has 2 aliphatic rings. The largest absolute Gasteiger partial charge is 0.493 e. The number of unbranched alkanes of at least 4 members (excludes halogenated alkanes) is 2. The predicted molar refractivity (Wildman–Crippen MR) is 108 cm³/mol. The van der Waals surface area contributed by atoms with Gasteiger partial charge in [-0.1, -0.05) is 19.8 Å². The van der Waals surface area contributed by atoms with E-state index in [-0.39, 0.29) is 0 Å². The Balaban J connectivity index is 1.71. The maximum absolute atomic E-state index is 5.60. The minimum atomic E-state index is 0.443. The molecule has 1 aliphatic heterocycles. The van der Waals surface area contributed by atoms with E-state index < -0.39 is 0 Å². The van der Waals surface area contributed by atoms with Gasteiger partial charge in [-0.3, -0.25) is 0 Å². The van der Waals surface area contributed by atoms with Gasteiger partial charge in [0.15, 0.2) is 11.5 Å². The average Bonchev–Trinajstić information content (AvgIpc) is 3.09. The van der Waals surface area contributed by atoms with Gasteiger partial charge in [-0.05, 0) is 60.6 Å². The number of benzene rings is 1. The van der Waals surface area contributed by atoms with Crippen LogP contribution in [0.2, 0.25) is 0 Å². The van der Waals surface area contributed by atoms with Crippen molar-refractivity contribution in [2.24, 2.45) is 0 Å². The van der Waals surface area contributed by atoms with Crippen LogP contribution in [0.5, 0.6) is 11.5 Å². The summed E-state index contributed by atoms with van der Waals surface area (Å²) in [5.41, 5.74) is 4.39. The molecule has 0 unspecified atom stereocenters. The van der Waals surface area contributed by atoms with Crippen molar-refractivity contribution in [3.05, 3.63) is 44.6 Å². The van der Waals surface area contributed by atoms with E-state index in [4.69, 9.17) is 9.47 Å². The van der Waals surface area contributed by atoms with E-state index in [0.29, 0.717) is 12.0 Å². The molecule has 4 heteroatoms. The first kappa shape index (κ1) is 17.9. The zero-order chi connectivity index (χ0) is 18.1. The van der Waals surface area contributed by atoms with E-state index in [1.165, 1.54) is 48.1 Å². The van der Waals surface area contributed by atoms with Crippen LogP contribution < -0.4 is 14.8 Å². The number of hydrogen-bond acceptors (Lipinski definition) is 4. The highest BCUT2D eigenvalue weighted by Gasteiger charge is 2.36. The zero-order valence-electron chi connectivity index (χ0n) is 16.1. The minimum Gasteiger partial charge on any atom is -0.493 e. The van der Waals surface area contributed by atoms with E-state index in [1.807, 2.05) is 11.3 Å². The molecule has 0 amide bonds. The molecular formula is C22H29NO2S. The Morgan fingerprint density at radius 2 is 1.88 bits per heavy atom. The number of rotatable bonds is 6. The molecule has 2 heterocycles. The van der Waals surface area contributed by atoms with E-state index in [9.17, 15) is 0 Å². The minimum absolute atomic E-state index is 0.443. The third-order valence-electron chi connectivity index (χ3n) is 5.89. The zero-order valence-corrected chi connectivity index (χ0v) is 16.9. The van der Waals surface area contributed by atoms with Crippen LogP contribution in [0.1, 0.15) is 65.0 Å². The molecule has 1 aromatic carbocycles. The first-order chi connectivity index (χ1) is 12.7. The lowest BCUT2D eigenvalue weighted by molar-refractivity contribution is 0.349. The van der Waals surface area contributed by atoms with Gasteiger partial charge in [0, 0.05) is 28.3 Å². The lowest BCUT2D eigenvalue weighted by Gasteiger charge is -2.38. The number of ether oxygens (including phenoxy) is 2. The van der Waals surface area contributed by atoms with Gasteiger partial charge in [0.05, 0.1) is 14.2 Å². The second kappa shape index (κ2) is 7.61. The Hall–Kier alpha value is -1.52. The van der Waals surface area contributed by atoms with Gasteiger partial charge in [0.2, 0.25) is 0 Å². The Morgan fingerprint density at radius 3 is 2.65 bits per heavy atom. The van der Waals surface area contributed by atoms with Crippen molar-refractivity contribution >= 4 is 11.3 Å². The molecule has 0 saturated heterocycles. The van der Waals surface area contributed by atoms with Gasteiger partial charge in [0.1, 0.15) is 0 Å². The number of methoxy groups -OCH3 is 2. The van der Waals surface area contributed by atoms with E-state index in [0.717, 1.165) is 24.5 Å². The molecule has 2 atom stereocenters. The Kier molecular flexibility index (Phi) is 5.23. The van der Waals surface area contributed by atoms with Gasteiger partial charge in [0.25, 0.3) is 0 Å². The fourth-order valence-electron chi connectivity index (χ4n) is 4.54. The van der Waals surface area contributed by atoms with Crippen molar-refractivity contribution in [1.82, 2.24) is 5.32 Å². The number of nitrogens with one attached hydrogen (secondary N) is 1. The third kappa shape index (κ3) is 3.14. The smallest absolute Gasteiger partial charge is 0.161 e. The summed E-state index contributed by atoms with van der Waals surface area (Å²) in [5.74, 6) is 2.13. The molecule has 26 heavy (non-hydrogen) atoms. The molecule has 1 aliphatic carbocycles. The molecule has 0 radical (unpaired) electrons. The Bertz CT molecular complexity index is 783. The molecule has 4 rings (SSSR count). The van der Waals surface area contributed by atoms with Gasteiger partial charge in [-0.25, -0.2) is 0 Å². The van der Waals surface area contributed by atoms with Crippen LogP contribution in [-0.2, 0) is 19.4 Å². The van der Waals surface area contributed by atoms with Gasteiger partial charge < -0.3 is 14.8 Å². The first-order valence-electron chi connectivity index (χ1n) is 9.84. The summed E-state index contributed by atoms with van der Waals surface area (Å²) in [7, 11) is 3.45. The third-order valence-corrected chi connectivity index (χ3v) is 7.10. The molecule has 0 saturated carbocycles. The van der Waals surface area contributed by atoms with Gasteiger partial charge >= 0.3 is 0 Å². The number of thiophene rings is 1. The van der Waals surface area contributed by atoms with Gasteiger partial charge in [-0.2, -0.15) is 0 Å². The van der Waals surface area contributed by atoms with Crippen molar-refractivity contribution in [3.63, 3.8) is 0 Å². The lowest BCUT2D eigenvalue weighted by Crippen LogP contribution is -2.42. The van der Waals surface area contributed by atoms with E-state index in [2.05, 4.69) is 30.4 Å². The summed E-state index contributed by atoms with van der Waals surface area (Å²) < 4.78 is 11.1. The van der Waals surface area contributed by atoms with Crippen LogP contribution in [0.25, 0.3) is 0 Å². The number of hydrogen-bond donors (Lipinski definition) is 1. The van der Waals surface area contributed by atoms with Crippen LogP contribution in [0, 0.1) is 0 Å². The molecule has 1 N–H and O–H groups in total. The van der Waals surface area contributed by atoms with Crippen LogP contribution >= 0.6 is 11.3 Å². The van der Waals surface area contributed by atoms with Crippen molar-refractivity contribution in [2.45, 2.75) is 64.0 Å². The SMILES string of the molecule is CCCCCc1cc2c(s1)CN[C@H]1CCc3cc(OC)c(OC)cc3[C@H]21. The quantitative estimate of drug-likeness (QED) is 0.721. The Labute approximate surface area is 160 Å². The summed E-state index contributed by atoms with van der Waals surface area (Å²) >= 11 is 2.02. The molecule has 0 bridgehead atoms. The molecule has 1 aromatic heterocycles. The topological polar surface area (TPSA) is 30.5 Å². The van der Waals surface area contributed by atoms with Crippen LogP contribution in [0.4, 0.5) is 0 Å². The summed E-state index contributed by atoms with van der Waals surface area (Å²) in [5, 5.41) is 3.80. The normalized spacial score (nSPS) is 20.9. The molecule has 3 nitrogen and oxygen atoms in total. The molecule has 140 valence electrons. The molecular weight excluding hydrogens is 342 g/mol. The van der Waals surface area contributed by atoms with Crippen molar-refractivity contribution in [1.29, 1.82) is 0 Å². The monoisotopic (exact) mass is 371 g/mol. The maximum Gasteiger partial charge on any atom is 0.161 e. The average molecular weight is 372 g/mol. The predicted octanol–water partition coefficient (Wildman–Crippen LogP) is 5.05. The Morgan fingerprint density at radius 1 is 1.08 bits per heavy atom. The van der Waals surface area contributed by atoms with Crippen LogP contribution in [-0.4, -0.2) is 20.3 Å². The molecule has 0 fully saturated rings. The fraction of sp³-hybridized carbons (Fsp3) is 0.545.